The first-order valence-electron chi connectivity index (χ1n) is 6.67. The van der Waals surface area contributed by atoms with Crippen LogP contribution >= 0.6 is 22.9 Å². The summed E-state index contributed by atoms with van der Waals surface area (Å²) in [6.45, 7) is 0.0633. The molecule has 0 aliphatic rings. The Labute approximate surface area is 143 Å². The van der Waals surface area contributed by atoms with Gasteiger partial charge in [0.2, 0.25) is 5.89 Å². The van der Waals surface area contributed by atoms with Crippen molar-refractivity contribution in [3.8, 4) is 11.3 Å². The average Bonchev–Trinajstić information content (AvgIpc) is 3.19. The van der Waals surface area contributed by atoms with Crippen molar-refractivity contribution in [2.75, 3.05) is 7.05 Å². The second-order valence-corrected chi connectivity index (χ2v) is 8.47. The van der Waals surface area contributed by atoms with Gasteiger partial charge in [0.05, 0.1) is 12.7 Å². The van der Waals surface area contributed by atoms with Crippen molar-refractivity contribution in [3.05, 3.63) is 58.9 Å². The van der Waals surface area contributed by atoms with Crippen molar-refractivity contribution in [3.63, 3.8) is 0 Å². The highest BCUT2D eigenvalue weighted by Crippen LogP contribution is 2.24. The SMILES string of the molecule is CN(Cc1ncc(-c2ccc(Cl)cc2)o1)S(=O)(=O)c1cccs1. The van der Waals surface area contributed by atoms with Gasteiger partial charge in [-0.15, -0.1) is 11.3 Å². The largest absolute Gasteiger partial charge is 0.439 e. The predicted molar refractivity (Wildman–Crippen MR) is 89.9 cm³/mol. The lowest BCUT2D eigenvalue weighted by atomic mass is 10.2. The van der Waals surface area contributed by atoms with Gasteiger partial charge in [-0.2, -0.15) is 4.31 Å². The highest BCUT2D eigenvalue weighted by Gasteiger charge is 2.23. The number of nitrogens with zero attached hydrogens (tertiary/aromatic N) is 2. The number of hydrogen-bond donors (Lipinski definition) is 0. The van der Waals surface area contributed by atoms with Gasteiger partial charge in [-0.3, -0.25) is 0 Å². The summed E-state index contributed by atoms with van der Waals surface area (Å²) in [5, 5.41) is 2.36. The van der Waals surface area contributed by atoms with E-state index in [-0.39, 0.29) is 6.54 Å². The topological polar surface area (TPSA) is 63.4 Å². The van der Waals surface area contributed by atoms with Gasteiger partial charge < -0.3 is 4.42 Å². The van der Waals surface area contributed by atoms with Crippen molar-refractivity contribution in [2.45, 2.75) is 10.8 Å². The van der Waals surface area contributed by atoms with Crippen molar-refractivity contribution in [1.29, 1.82) is 0 Å². The Morgan fingerprint density at radius 1 is 1.26 bits per heavy atom. The zero-order valence-electron chi connectivity index (χ0n) is 12.1. The standard InChI is InChI=1S/C15H13ClN2O3S2/c1-18(23(19,20)15-3-2-8-22-15)10-14-17-9-13(21-14)11-4-6-12(16)7-5-11/h2-9H,10H2,1H3. The van der Waals surface area contributed by atoms with Crippen LogP contribution in [-0.4, -0.2) is 24.8 Å². The number of rotatable bonds is 5. The van der Waals surface area contributed by atoms with Gasteiger partial charge in [0.1, 0.15) is 4.21 Å². The van der Waals surface area contributed by atoms with Crippen LogP contribution < -0.4 is 0 Å². The Morgan fingerprint density at radius 3 is 2.65 bits per heavy atom. The maximum atomic E-state index is 12.4. The van der Waals surface area contributed by atoms with Crippen LogP contribution in [0.3, 0.4) is 0 Å². The van der Waals surface area contributed by atoms with Crippen molar-refractivity contribution in [2.24, 2.45) is 0 Å². The molecule has 0 bridgehead atoms. The molecule has 0 atom stereocenters. The molecule has 3 rings (SSSR count). The van der Waals surface area contributed by atoms with E-state index in [0.29, 0.717) is 20.9 Å². The molecule has 8 heteroatoms. The number of sulfonamides is 1. The molecule has 120 valence electrons. The number of aromatic nitrogens is 1. The molecule has 0 radical (unpaired) electrons. The molecule has 2 heterocycles. The van der Waals surface area contributed by atoms with Crippen molar-refractivity contribution >= 4 is 33.0 Å². The molecule has 0 fully saturated rings. The Bertz CT molecular complexity index is 887. The molecule has 0 spiro atoms. The monoisotopic (exact) mass is 368 g/mol. The third kappa shape index (κ3) is 3.48. The average molecular weight is 369 g/mol. The smallest absolute Gasteiger partial charge is 0.252 e. The maximum Gasteiger partial charge on any atom is 0.252 e. The van der Waals surface area contributed by atoms with E-state index in [4.69, 9.17) is 16.0 Å². The molecule has 0 unspecified atom stereocenters. The fourth-order valence-electron chi connectivity index (χ4n) is 1.97. The number of oxazole rings is 1. The van der Waals surface area contributed by atoms with E-state index in [1.165, 1.54) is 22.7 Å². The lowest BCUT2D eigenvalue weighted by Gasteiger charge is -2.13. The van der Waals surface area contributed by atoms with Gasteiger partial charge in [-0.25, -0.2) is 13.4 Å². The van der Waals surface area contributed by atoms with Crippen LogP contribution in [0.4, 0.5) is 0 Å². The Balaban J connectivity index is 1.78. The Kier molecular flexibility index (Phi) is 4.54. The number of halogens is 1. The highest BCUT2D eigenvalue weighted by molar-refractivity contribution is 7.91. The molecule has 3 aromatic rings. The first-order valence-corrected chi connectivity index (χ1v) is 9.37. The second-order valence-electron chi connectivity index (χ2n) is 4.82. The number of thiophene rings is 1. The summed E-state index contributed by atoms with van der Waals surface area (Å²) in [5.41, 5.74) is 0.830. The molecule has 0 saturated carbocycles. The van der Waals surface area contributed by atoms with Gasteiger partial charge in [-0.05, 0) is 35.7 Å². The van der Waals surface area contributed by atoms with Gasteiger partial charge >= 0.3 is 0 Å². The molecule has 23 heavy (non-hydrogen) atoms. The van der Waals surface area contributed by atoms with E-state index in [9.17, 15) is 8.42 Å². The molecular formula is C15H13ClN2O3S2. The Morgan fingerprint density at radius 2 is 2.00 bits per heavy atom. The van der Waals surface area contributed by atoms with Gasteiger partial charge in [-0.1, -0.05) is 17.7 Å². The van der Waals surface area contributed by atoms with Crippen LogP contribution in [0.2, 0.25) is 5.02 Å². The van der Waals surface area contributed by atoms with Crippen LogP contribution in [0, 0.1) is 0 Å². The molecule has 0 N–H and O–H groups in total. The Hall–Kier alpha value is -1.67. The van der Waals surface area contributed by atoms with E-state index in [1.807, 2.05) is 12.1 Å². The summed E-state index contributed by atoms with van der Waals surface area (Å²) in [4.78, 5) is 4.15. The quantitative estimate of drug-likeness (QED) is 0.685. The van der Waals surface area contributed by atoms with Gasteiger partial charge in [0, 0.05) is 17.6 Å². The summed E-state index contributed by atoms with van der Waals surface area (Å²) in [6, 6.07) is 10.4. The van der Waals surface area contributed by atoms with Gasteiger partial charge in [0.15, 0.2) is 5.76 Å². The summed E-state index contributed by atoms with van der Waals surface area (Å²) < 4.78 is 31.9. The minimum absolute atomic E-state index is 0.0633. The molecule has 5 nitrogen and oxygen atoms in total. The van der Waals surface area contributed by atoms with Crippen LogP contribution in [-0.2, 0) is 16.6 Å². The normalized spacial score (nSPS) is 12.0. The lowest BCUT2D eigenvalue weighted by Crippen LogP contribution is -2.25. The second kappa shape index (κ2) is 6.45. The zero-order chi connectivity index (χ0) is 16.4. The van der Waals surface area contributed by atoms with E-state index in [1.54, 1.807) is 35.8 Å². The summed E-state index contributed by atoms with van der Waals surface area (Å²) in [6.07, 6.45) is 1.57. The summed E-state index contributed by atoms with van der Waals surface area (Å²) in [5.74, 6) is 0.899. The molecule has 1 aromatic carbocycles. The van der Waals surface area contributed by atoms with E-state index < -0.39 is 10.0 Å². The minimum atomic E-state index is -3.52. The van der Waals surface area contributed by atoms with Crippen molar-refractivity contribution in [1.82, 2.24) is 9.29 Å². The van der Waals surface area contributed by atoms with E-state index in [2.05, 4.69) is 4.98 Å². The van der Waals surface area contributed by atoms with Crippen LogP contribution in [0.1, 0.15) is 5.89 Å². The number of hydrogen-bond acceptors (Lipinski definition) is 5. The number of benzene rings is 1. The van der Waals surface area contributed by atoms with E-state index in [0.717, 1.165) is 5.56 Å². The van der Waals surface area contributed by atoms with Gasteiger partial charge in [0.25, 0.3) is 10.0 Å². The zero-order valence-corrected chi connectivity index (χ0v) is 14.5. The lowest BCUT2D eigenvalue weighted by molar-refractivity contribution is 0.400. The fraction of sp³-hybridized carbons (Fsp3) is 0.133. The molecule has 0 amide bonds. The predicted octanol–water partition coefficient (Wildman–Crippen LogP) is 3.88. The third-order valence-electron chi connectivity index (χ3n) is 3.20. The first-order chi connectivity index (χ1) is 11.0. The highest BCUT2D eigenvalue weighted by atomic mass is 35.5. The van der Waals surface area contributed by atoms with Crippen molar-refractivity contribution < 1.29 is 12.8 Å². The summed E-state index contributed by atoms with van der Waals surface area (Å²) in [7, 11) is -2.02. The molecule has 0 aliphatic heterocycles. The minimum Gasteiger partial charge on any atom is -0.439 e. The maximum absolute atomic E-state index is 12.4. The first kappa shape index (κ1) is 16.2. The fourth-order valence-corrected chi connectivity index (χ4v) is 4.42. The van der Waals surface area contributed by atoms with Crippen LogP contribution in [0.5, 0.6) is 0 Å². The molecule has 0 aliphatic carbocycles. The van der Waals surface area contributed by atoms with E-state index >= 15 is 0 Å². The molecule has 2 aromatic heterocycles. The van der Waals surface area contributed by atoms with Crippen LogP contribution in [0.15, 0.2) is 56.6 Å². The third-order valence-corrected chi connectivity index (χ3v) is 6.63. The molecular weight excluding hydrogens is 356 g/mol. The summed E-state index contributed by atoms with van der Waals surface area (Å²) >= 11 is 7.03. The molecule has 0 saturated heterocycles. The van der Waals surface area contributed by atoms with Crippen LogP contribution in [0.25, 0.3) is 11.3 Å².